The van der Waals surface area contributed by atoms with Crippen molar-refractivity contribution in [3.63, 3.8) is 0 Å². The van der Waals surface area contributed by atoms with Crippen LogP contribution in [0.15, 0.2) is 11.0 Å². The van der Waals surface area contributed by atoms with Crippen molar-refractivity contribution in [2.24, 2.45) is 0 Å². The van der Waals surface area contributed by atoms with Crippen LogP contribution in [0.25, 0.3) is 0 Å². The van der Waals surface area contributed by atoms with Gasteiger partial charge in [-0.1, -0.05) is 5.20 Å². The first-order valence-corrected chi connectivity index (χ1v) is 2.97. The molecule has 0 amide bonds. The van der Waals surface area contributed by atoms with E-state index in [4.69, 9.17) is 5.11 Å². The zero-order valence-corrected chi connectivity index (χ0v) is 6.45. The van der Waals surface area contributed by atoms with Crippen molar-refractivity contribution in [3.05, 3.63) is 11.0 Å². The zero-order valence-electron chi connectivity index (χ0n) is 4.45. The van der Waals surface area contributed by atoms with Gasteiger partial charge in [-0.25, -0.2) is 0 Å². The van der Waals surface area contributed by atoms with Gasteiger partial charge >= 0.3 is 0 Å². The summed E-state index contributed by atoms with van der Waals surface area (Å²) < 4.78 is 0. The SMILES string of the molecule is CC(O)=C(C)[SiH3]. The highest BCUT2D eigenvalue weighted by atomic mass is 28.1. The van der Waals surface area contributed by atoms with Crippen LogP contribution in [0, 0.1) is 0 Å². The van der Waals surface area contributed by atoms with Crippen LogP contribution in [0.5, 0.6) is 0 Å². The normalized spacial score (nSPS) is 14.3. The van der Waals surface area contributed by atoms with Gasteiger partial charge in [0.2, 0.25) is 0 Å². The van der Waals surface area contributed by atoms with E-state index in [0.717, 1.165) is 15.4 Å². The molecule has 0 heterocycles. The first-order valence-electron chi connectivity index (χ1n) is 1.97. The van der Waals surface area contributed by atoms with E-state index in [-0.39, 0.29) is 0 Å². The van der Waals surface area contributed by atoms with Gasteiger partial charge in [-0.15, -0.1) is 0 Å². The third kappa shape index (κ3) is 2.02. The highest BCUT2D eigenvalue weighted by Gasteiger charge is 1.78. The molecule has 36 valence electrons. The third-order valence-corrected chi connectivity index (χ3v) is 1.45. The maximum Gasteiger partial charge on any atom is 0.0832 e. The molecule has 1 nitrogen and oxygen atoms in total. The zero-order chi connectivity index (χ0) is 5.15. The van der Waals surface area contributed by atoms with Gasteiger partial charge in [0.1, 0.15) is 0 Å². The smallest absolute Gasteiger partial charge is 0.0832 e. The first-order chi connectivity index (χ1) is 2.64. The second-order valence-electron chi connectivity index (χ2n) is 1.59. The second-order valence-corrected chi connectivity index (χ2v) is 3.09. The molecule has 0 spiro atoms. The fourth-order valence-electron chi connectivity index (χ4n) is 0. The molecule has 0 rings (SSSR count). The maximum atomic E-state index is 8.54. The standard InChI is InChI=1S/C4H10OSi/c1-3(5)4(2)6/h5H,1-2,6H3. The molecular formula is C4H10OSi. The molecule has 0 aromatic carbocycles. The van der Waals surface area contributed by atoms with Gasteiger partial charge in [0.25, 0.3) is 0 Å². The lowest BCUT2D eigenvalue weighted by atomic mass is 10.5. The Bertz CT molecular complexity index is 57.6. The summed E-state index contributed by atoms with van der Waals surface area (Å²) in [5, 5.41) is 9.66. The lowest BCUT2D eigenvalue weighted by Crippen LogP contribution is -1.77. The number of aliphatic hydroxyl groups is 1. The van der Waals surface area contributed by atoms with Crippen molar-refractivity contribution in [2.45, 2.75) is 13.8 Å². The molecule has 0 radical (unpaired) electrons. The highest BCUT2D eigenvalue weighted by Crippen LogP contribution is 1.89. The number of hydrogen-bond acceptors (Lipinski definition) is 1. The molecule has 0 aliphatic carbocycles. The predicted molar refractivity (Wildman–Crippen MR) is 30.9 cm³/mol. The van der Waals surface area contributed by atoms with Crippen molar-refractivity contribution in [1.29, 1.82) is 0 Å². The minimum absolute atomic E-state index is 0.488. The predicted octanol–water partition coefficient (Wildman–Crippen LogP) is 0.161. The van der Waals surface area contributed by atoms with Crippen molar-refractivity contribution in [2.75, 3.05) is 0 Å². The summed E-state index contributed by atoms with van der Waals surface area (Å²) in [6.07, 6.45) is 0. The molecule has 0 aliphatic heterocycles. The molecule has 0 fully saturated rings. The molecule has 0 saturated carbocycles. The molecule has 0 saturated heterocycles. The van der Waals surface area contributed by atoms with Crippen LogP contribution in [0.2, 0.25) is 0 Å². The summed E-state index contributed by atoms with van der Waals surface area (Å²) in [5.74, 6) is 0.488. The lowest BCUT2D eigenvalue weighted by Gasteiger charge is -1.87. The van der Waals surface area contributed by atoms with Crippen LogP contribution in [-0.2, 0) is 0 Å². The summed E-state index contributed by atoms with van der Waals surface area (Å²) in [4.78, 5) is 0. The Labute approximate surface area is 41.1 Å². The maximum absolute atomic E-state index is 8.54. The summed E-state index contributed by atoms with van der Waals surface area (Å²) in [5.41, 5.74) is 0. The minimum Gasteiger partial charge on any atom is -0.513 e. The molecule has 1 N–H and O–H groups in total. The molecule has 0 aromatic heterocycles. The first kappa shape index (κ1) is 5.76. The van der Waals surface area contributed by atoms with Crippen LogP contribution in [0.4, 0.5) is 0 Å². The van der Waals surface area contributed by atoms with E-state index in [9.17, 15) is 0 Å². The Morgan fingerprint density at radius 3 is 1.67 bits per heavy atom. The number of hydrogen-bond donors (Lipinski definition) is 1. The lowest BCUT2D eigenvalue weighted by molar-refractivity contribution is 0.411. The van der Waals surface area contributed by atoms with Gasteiger partial charge in [-0.2, -0.15) is 0 Å². The van der Waals surface area contributed by atoms with E-state index in [1.54, 1.807) is 6.92 Å². The van der Waals surface area contributed by atoms with E-state index < -0.39 is 0 Å². The molecule has 6 heavy (non-hydrogen) atoms. The van der Waals surface area contributed by atoms with E-state index in [1.807, 2.05) is 6.92 Å². The van der Waals surface area contributed by atoms with Gasteiger partial charge in [0, 0.05) is 10.2 Å². The monoisotopic (exact) mass is 102 g/mol. The van der Waals surface area contributed by atoms with Gasteiger partial charge in [-0.05, 0) is 13.8 Å². The fourth-order valence-corrected chi connectivity index (χ4v) is 0. The Morgan fingerprint density at radius 2 is 1.67 bits per heavy atom. The molecule has 2 heteroatoms. The van der Waals surface area contributed by atoms with Crippen LogP contribution in [0.1, 0.15) is 13.8 Å². The quantitative estimate of drug-likeness (QED) is 0.341. The van der Waals surface area contributed by atoms with Crippen LogP contribution >= 0.6 is 0 Å². The van der Waals surface area contributed by atoms with E-state index >= 15 is 0 Å². The molecule has 0 atom stereocenters. The number of rotatable bonds is 0. The molecule has 0 aliphatic rings. The van der Waals surface area contributed by atoms with Crippen LogP contribution in [0.3, 0.4) is 0 Å². The van der Waals surface area contributed by atoms with Gasteiger partial charge < -0.3 is 5.11 Å². The van der Waals surface area contributed by atoms with E-state index in [1.165, 1.54) is 0 Å². The topological polar surface area (TPSA) is 20.2 Å². The average molecular weight is 102 g/mol. The molecule has 0 aromatic rings. The van der Waals surface area contributed by atoms with E-state index in [2.05, 4.69) is 0 Å². The van der Waals surface area contributed by atoms with Crippen molar-refractivity contribution >= 4 is 10.2 Å². The fraction of sp³-hybridized carbons (Fsp3) is 0.500. The summed E-state index contributed by atoms with van der Waals surface area (Å²) in [6, 6.07) is 0. The van der Waals surface area contributed by atoms with Crippen molar-refractivity contribution < 1.29 is 5.11 Å². The Hall–Kier alpha value is -0.243. The highest BCUT2D eigenvalue weighted by molar-refractivity contribution is 6.21. The second kappa shape index (κ2) is 2.03. The number of aliphatic hydroxyl groups excluding tert-OH is 1. The Balaban J connectivity index is 3.68. The minimum atomic E-state index is 0.488. The summed E-state index contributed by atoms with van der Waals surface area (Å²) in [7, 11) is 0.983. The Kier molecular flexibility index (Phi) is 1.94. The summed E-state index contributed by atoms with van der Waals surface area (Å²) >= 11 is 0. The molecule has 0 bridgehead atoms. The van der Waals surface area contributed by atoms with Gasteiger partial charge in [0.05, 0.1) is 5.76 Å². The molecule has 0 unspecified atom stereocenters. The third-order valence-electron chi connectivity index (χ3n) is 0.724. The van der Waals surface area contributed by atoms with Gasteiger partial charge in [0.15, 0.2) is 0 Å². The Morgan fingerprint density at radius 1 is 1.50 bits per heavy atom. The largest absolute Gasteiger partial charge is 0.513 e. The van der Waals surface area contributed by atoms with E-state index in [0.29, 0.717) is 5.76 Å². The van der Waals surface area contributed by atoms with Crippen molar-refractivity contribution in [1.82, 2.24) is 0 Å². The summed E-state index contributed by atoms with van der Waals surface area (Å²) in [6.45, 7) is 3.64. The van der Waals surface area contributed by atoms with Crippen molar-refractivity contribution in [3.8, 4) is 0 Å². The number of allylic oxidation sites excluding steroid dienone is 2. The average Bonchev–Trinajstić information content (AvgIpc) is 1.36. The van der Waals surface area contributed by atoms with Gasteiger partial charge in [-0.3, -0.25) is 0 Å². The van der Waals surface area contributed by atoms with Crippen LogP contribution in [-0.4, -0.2) is 15.3 Å². The molecular weight excluding hydrogens is 92.1 g/mol. The van der Waals surface area contributed by atoms with Crippen LogP contribution < -0.4 is 0 Å².